The van der Waals surface area contributed by atoms with Crippen molar-refractivity contribution in [2.75, 3.05) is 29.5 Å². The largest absolute Gasteiger partial charge is 0.394 e. The van der Waals surface area contributed by atoms with E-state index in [0.717, 1.165) is 31.6 Å². The molecule has 17 heavy (non-hydrogen) atoms. The van der Waals surface area contributed by atoms with E-state index in [1.165, 1.54) is 6.42 Å². The van der Waals surface area contributed by atoms with Gasteiger partial charge in [-0.2, -0.15) is 9.97 Å². The van der Waals surface area contributed by atoms with Crippen molar-refractivity contribution in [2.45, 2.75) is 31.7 Å². The Hall–Kier alpha value is -1.56. The first kappa shape index (κ1) is 11.9. The molecule has 0 aliphatic carbocycles. The van der Waals surface area contributed by atoms with Crippen LogP contribution in [0, 0.1) is 0 Å². The summed E-state index contributed by atoms with van der Waals surface area (Å²) in [6.07, 6.45) is 4.39. The van der Waals surface area contributed by atoms with Crippen molar-refractivity contribution >= 4 is 17.6 Å². The molecule has 6 heteroatoms. The molecule has 5 N–H and O–H groups in total. The maximum atomic E-state index is 9.44. The van der Waals surface area contributed by atoms with Crippen LogP contribution in [-0.2, 0) is 0 Å². The lowest BCUT2D eigenvalue weighted by Gasteiger charge is -2.29. The first-order chi connectivity index (χ1) is 8.20. The number of hydrogen-bond donors (Lipinski definition) is 3. The maximum Gasteiger partial charge on any atom is 0.223 e. The number of hydrogen-bond acceptors (Lipinski definition) is 6. The van der Waals surface area contributed by atoms with Gasteiger partial charge in [0, 0.05) is 12.6 Å². The third-order valence-corrected chi connectivity index (χ3v) is 3.13. The molecule has 1 aromatic rings. The van der Waals surface area contributed by atoms with Gasteiger partial charge in [-0.25, -0.2) is 0 Å². The number of aromatic nitrogens is 2. The summed E-state index contributed by atoms with van der Waals surface area (Å²) in [5.74, 6) is 1.27. The average molecular weight is 237 g/mol. The minimum Gasteiger partial charge on any atom is -0.394 e. The van der Waals surface area contributed by atoms with Gasteiger partial charge in [0.15, 0.2) is 0 Å². The predicted molar refractivity (Wildman–Crippen MR) is 67.5 cm³/mol. The van der Waals surface area contributed by atoms with Crippen LogP contribution in [0.2, 0.25) is 0 Å². The average Bonchev–Trinajstić information content (AvgIpc) is 2.52. The van der Waals surface area contributed by atoms with E-state index in [0.29, 0.717) is 5.82 Å². The van der Waals surface area contributed by atoms with E-state index >= 15 is 0 Å². The number of aliphatic hydroxyl groups is 1. The number of rotatable bonds is 2. The minimum absolute atomic E-state index is 0.103. The first-order valence-electron chi connectivity index (χ1n) is 5.98. The van der Waals surface area contributed by atoms with E-state index in [2.05, 4.69) is 14.9 Å². The number of aliphatic hydroxyl groups excluding tert-OH is 1. The maximum absolute atomic E-state index is 9.44. The Morgan fingerprint density at radius 1 is 1.29 bits per heavy atom. The number of nitrogens with two attached hydrogens (primary N) is 2. The summed E-state index contributed by atoms with van der Waals surface area (Å²) in [7, 11) is 0. The standard InChI is InChI=1S/C11H19N5O/c12-9-6-10(15-11(13)14-9)16-5-3-1-2-4-8(16)7-17/h6,8,17H,1-5,7H2,(H4,12,13,14,15). The van der Waals surface area contributed by atoms with Crippen LogP contribution in [-0.4, -0.2) is 34.3 Å². The molecule has 0 amide bonds. The molecular weight excluding hydrogens is 218 g/mol. The predicted octanol–water partition coefficient (Wildman–Crippen LogP) is 0.382. The van der Waals surface area contributed by atoms with Gasteiger partial charge in [-0.1, -0.05) is 12.8 Å². The van der Waals surface area contributed by atoms with Gasteiger partial charge >= 0.3 is 0 Å². The van der Waals surface area contributed by atoms with Gasteiger partial charge in [-0.3, -0.25) is 0 Å². The molecule has 1 unspecified atom stereocenters. The highest BCUT2D eigenvalue weighted by Crippen LogP contribution is 2.23. The van der Waals surface area contributed by atoms with Gasteiger partial charge < -0.3 is 21.5 Å². The Balaban J connectivity index is 2.27. The summed E-state index contributed by atoms with van der Waals surface area (Å²) in [6, 6.07) is 1.82. The molecule has 0 aromatic carbocycles. The fourth-order valence-corrected chi connectivity index (χ4v) is 2.29. The van der Waals surface area contributed by atoms with Crippen LogP contribution < -0.4 is 16.4 Å². The van der Waals surface area contributed by atoms with E-state index < -0.39 is 0 Å². The van der Waals surface area contributed by atoms with Crippen LogP contribution in [0.25, 0.3) is 0 Å². The Labute approximate surface area is 101 Å². The first-order valence-corrected chi connectivity index (χ1v) is 5.98. The second-order valence-corrected chi connectivity index (χ2v) is 4.39. The Morgan fingerprint density at radius 2 is 2.12 bits per heavy atom. The molecule has 1 saturated heterocycles. The molecule has 2 rings (SSSR count). The number of anilines is 3. The van der Waals surface area contributed by atoms with E-state index in [4.69, 9.17) is 11.5 Å². The van der Waals surface area contributed by atoms with Crippen LogP contribution in [0.3, 0.4) is 0 Å². The lowest BCUT2D eigenvalue weighted by Crippen LogP contribution is -2.38. The van der Waals surface area contributed by atoms with Gasteiger partial charge in [0.25, 0.3) is 0 Å². The van der Waals surface area contributed by atoms with Gasteiger partial charge in [0.05, 0.1) is 12.6 Å². The van der Waals surface area contributed by atoms with Gasteiger partial charge in [0.2, 0.25) is 5.95 Å². The monoisotopic (exact) mass is 237 g/mol. The van der Waals surface area contributed by atoms with Crippen molar-refractivity contribution in [1.29, 1.82) is 0 Å². The van der Waals surface area contributed by atoms with Crippen molar-refractivity contribution in [2.24, 2.45) is 0 Å². The molecular formula is C11H19N5O. The lowest BCUT2D eigenvalue weighted by molar-refractivity contribution is 0.254. The zero-order chi connectivity index (χ0) is 12.3. The van der Waals surface area contributed by atoms with Crippen molar-refractivity contribution in [3.63, 3.8) is 0 Å². The van der Waals surface area contributed by atoms with Crippen molar-refractivity contribution in [3.8, 4) is 0 Å². The molecule has 0 bridgehead atoms. The summed E-state index contributed by atoms with van der Waals surface area (Å²) in [5, 5.41) is 9.44. The SMILES string of the molecule is Nc1cc(N2CCCCCC2CO)nc(N)n1. The van der Waals surface area contributed by atoms with Crippen LogP contribution in [0.4, 0.5) is 17.6 Å². The molecule has 6 nitrogen and oxygen atoms in total. The molecule has 0 radical (unpaired) electrons. The molecule has 1 aliphatic rings. The molecule has 0 saturated carbocycles. The highest BCUT2D eigenvalue weighted by atomic mass is 16.3. The van der Waals surface area contributed by atoms with Crippen molar-refractivity contribution < 1.29 is 5.11 Å². The number of nitrogens with zero attached hydrogens (tertiary/aromatic N) is 3. The molecule has 1 aromatic heterocycles. The van der Waals surface area contributed by atoms with Crippen LogP contribution >= 0.6 is 0 Å². The Bertz CT molecular complexity index is 364. The van der Waals surface area contributed by atoms with Gasteiger partial charge in [-0.05, 0) is 12.8 Å². The van der Waals surface area contributed by atoms with E-state index in [1.54, 1.807) is 6.07 Å². The van der Waals surface area contributed by atoms with E-state index in [1.807, 2.05) is 0 Å². The zero-order valence-corrected chi connectivity index (χ0v) is 9.84. The minimum atomic E-state index is 0.103. The fourth-order valence-electron chi connectivity index (χ4n) is 2.29. The molecule has 1 atom stereocenters. The second kappa shape index (κ2) is 5.18. The molecule has 2 heterocycles. The van der Waals surface area contributed by atoms with Crippen molar-refractivity contribution in [1.82, 2.24) is 9.97 Å². The van der Waals surface area contributed by atoms with E-state index in [9.17, 15) is 5.11 Å². The Kier molecular flexibility index (Phi) is 3.63. The van der Waals surface area contributed by atoms with Crippen LogP contribution in [0.15, 0.2) is 6.07 Å². The topological polar surface area (TPSA) is 101 Å². The zero-order valence-electron chi connectivity index (χ0n) is 9.84. The molecule has 94 valence electrons. The van der Waals surface area contributed by atoms with Crippen LogP contribution in [0.1, 0.15) is 25.7 Å². The summed E-state index contributed by atoms with van der Waals surface area (Å²) in [6.45, 7) is 1.00. The van der Waals surface area contributed by atoms with E-state index in [-0.39, 0.29) is 18.6 Å². The summed E-state index contributed by atoms with van der Waals surface area (Å²) in [4.78, 5) is 10.1. The van der Waals surface area contributed by atoms with Gasteiger partial charge in [0.1, 0.15) is 11.6 Å². The lowest BCUT2D eigenvalue weighted by atomic mass is 10.1. The fraction of sp³-hybridized carbons (Fsp3) is 0.636. The Morgan fingerprint density at radius 3 is 2.82 bits per heavy atom. The highest BCUT2D eigenvalue weighted by Gasteiger charge is 2.22. The number of nitrogen functional groups attached to an aromatic ring is 2. The van der Waals surface area contributed by atoms with Crippen molar-refractivity contribution in [3.05, 3.63) is 6.07 Å². The van der Waals surface area contributed by atoms with Gasteiger partial charge in [-0.15, -0.1) is 0 Å². The summed E-state index contributed by atoms with van der Waals surface area (Å²) in [5.41, 5.74) is 11.3. The third kappa shape index (κ3) is 2.76. The summed E-state index contributed by atoms with van der Waals surface area (Å²) < 4.78 is 0. The quantitative estimate of drug-likeness (QED) is 0.687. The smallest absolute Gasteiger partial charge is 0.223 e. The molecule has 1 fully saturated rings. The second-order valence-electron chi connectivity index (χ2n) is 4.39. The molecule has 1 aliphatic heterocycles. The normalized spacial score (nSPS) is 21.2. The highest BCUT2D eigenvalue weighted by molar-refractivity contribution is 5.51. The van der Waals surface area contributed by atoms with Crippen LogP contribution in [0.5, 0.6) is 0 Å². The summed E-state index contributed by atoms with van der Waals surface area (Å²) >= 11 is 0. The molecule has 0 spiro atoms. The third-order valence-electron chi connectivity index (χ3n) is 3.13.